The third-order valence-corrected chi connectivity index (χ3v) is 8.91. The number of aliphatic carboxylic acids is 1. The van der Waals surface area contributed by atoms with Crippen molar-refractivity contribution in [1.82, 2.24) is 4.90 Å². The zero-order valence-corrected chi connectivity index (χ0v) is 23.1. The second-order valence-electron chi connectivity index (χ2n) is 9.72. The molecule has 38 heavy (non-hydrogen) atoms. The van der Waals surface area contributed by atoms with Crippen LogP contribution in [0.4, 0.5) is 0 Å². The van der Waals surface area contributed by atoms with Gasteiger partial charge < -0.3 is 14.2 Å². The number of carboxylic acid groups (broad SMARTS) is 1. The average Bonchev–Trinajstić information content (AvgIpc) is 2.86. The monoisotopic (exact) mass is 599 g/mol. The molecule has 198 valence electrons. The number of carboxylic acids is 1. The van der Waals surface area contributed by atoms with E-state index in [-0.39, 0.29) is 41.6 Å². The van der Waals surface area contributed by atoms with Gasteiger partial charge in [0.05, 0.1) is 0 Å². The number of aryl methyl sites for hydroxylation is 1. The lowest BCUT2D eigenvalue weighted by atomic mass is 9.70. The fraction of sp³-hybridized carbons (Fsp3) is 0.321. The molecule has 0 atom stereocenters. The van der Waals surface area contributed by atoms with Crippen molar-refractivity contribution in [2.75, 3.05) is 6.54 Å². The average molecular weight is 600 g/mol. The molecule has 1 heterocycles. The number of nitrogens with zero attached hydrogens (tertiary/aromatic N) is 1. The summed E-state index contributed by atoms with van der Waals surface area (Å²) in [5, 5.41) is 9.64. The van der Waals surface area contributed by atoms with Crippen molar-refractivity contribution in [3.63, 3.8) is 0 Å². The van der Waals surface area contributed by atoms with Crippen LogP contribution in [0.5, 0.6) is 5.75 Å². The van der Waals surface area contributed by atoms with E-state index < -0.39 is 22.0 Å². The minimum absolute atomic E-state index is 0.0147. The maximum atomic E-state index is 13.4. The first kappa shape index (κ1) is 26.4. The molecule has 2 aromatic rings. The molecule has 2 aliphatic carbocycles. The molecule has 5 rings (SSSR count). The molecule has 0 unspecified atom stereocenters. The van der Waals surface area contributed by atoms with E-state index in [1.165, 1.54) is 18.2 Å². The Kier molecular flexibility index (Phi) is 7.04. The van der Waals surface area contributed by atoms with Crippen LogP contribution in [0.3, 0.4) is 0 Å². The van der Waals surface area contributed by atoms with E-state index in [2.05, 4.69) is 15.9 Å². The van der Waals surface area contributed by atoms with Crippen molar-refractivity contribution in [1.29, 1.82) is 0 Å². The van der Waals surface area contributed by atoms with Gasteiger partial charge >= 0.3 is 16.1 Å². The number of rotatable bonds is 6. The van der Waals surface area contributed by atoms with Gasteiger partial charge in [0.15, 0.2) is 11.6 Å². The Labute approximate surface area is 229 Å². The molecule has 3 aliphatic rings. The maximum Gasteiger partial charge on any atom is 0.339 e. The van der Waals surface area contributed by atoms with E-state index in [0.29, 0.717) is 58.3 Å². The van der Waals surface area contributed by atoms with Gasteiger partial charge in [-0.3, -0.25) is 14.4 Å². The van der Waals surface area contributed by atoms with Gasteiger partial charge in [-0.05, 0) is 62.9 Å². The molecule has 0 saturated heterocycles. The molecule has 0 saturated carbocycles. The zero-order valence-electron chi connectivity index (χ0n) is 20.7. The molecular weight excluding hydrogens is 574 g/mol. The molecule has 8 nitrogen and oxygen atoms in total. The zero-order chi connectivity index (χ0) is 27.2. The van der Waals surface area contributed by atoms with Crippen molar-refractivity contribution in [2.45, 2.75) is 56.3 Å². The van der Waals surface area contributed by atoms with Crippen LogP contribution in [0.2, 0.25) is 0 Å². The van der Waals surface area contributed by atoms with Gasteiger partial charge in [-0.15, -0.1) is 0 Å². The van der Waals surface area contributed by atoms with Crippen molar-refractivity contribution in [2.24, 2.45) is 0 Å². The molecule has 0 spiro atoms. The molecule has 0 bridgehead atoms. The van der Waals surface area contributed by atoms with Gasteiger partial charge in [-0.25, -0.2) is 0 Å². The first-order valence-electron chi connectivity index (χ1n) is 12.4. The van der Waals surface area contributed by atoms with E-state index >= 15 is 0 Å². The summed E-state index contributed by atoms with van der Waals surface area (Å²) < 4.78 is 32.8. The minimum Gasteiger partial charge on any atom is -0.480 e. The third-order valence-electron chi connectivity index (χ3n) is 7.17. The largest absolute Gasteiger partial charge is 0.480 e. The van der Waals surface area contributed by atoms with E-state index in [9.17, 15) is 27.9 Å². The Morgan fingerprint density at radius 3 is 2.11 bits per heavy atom. The summed E-state index contributed by atoms with van der Waals surface area (Å²) in [5.41, 5.74) is 3.15. The van der Waals surface area contributed by atoms with Gasteiger partial charge in [0.1, 0.15) is 17.2 Å². The standard InChI is InChI=1S/C28H26BrNO7S/c1-16-8-11-18(12-9-16)38(35,36)37-24-13-10-17(29)14-19(24)26-27-20(4-2-6-22(27)31)30(15-25(33)34)21-5-3-7-23(32)28(21)26/h8-14,26H,2-7,15H2,1H3,(H,33,34). The number of allylic oxidation sites excluding steroid dienone is 4. The number of ketones is 2. The highest BCUT2D eigenvalue weighted by Gasteiger charge is 2.45. The smallest absolute Gasteiger partial charge is 0.339 e. The summed E-state index contributed by atoms with van der Waals surface area (Å²) in [4.78, 5) is 40.2. The minimum atomic E-state index is -4.22. The molecule has 10 heteroatoms. The Balaban J connectivity index is 1.71. The van der Waals surface area contributed by atoms with Crippen LogP contribution >= 0.6 is 15.9 Å². The molecule has 2 aromatic carbocycles. The van der Waals surface area contributed by atoms with Crippen molar-refractivity contribution in [3.8, 4) is 5.75 Å². The number of Topliss-reactive ketones (excluding diaryl/α,β-unsaturated/α-hetero) is 2. The Bertz CT molecular complexity index is 1480. The van der Waals surface area contributed by atoms with E-state index in [1.807, 2.05) is 6.92 Å². The number of halogens is 1. The summed E-state index contributed by atoms with van der Waals surface area (Å²) in [5.74, 6) is -2.26. The van der Waals surface area contributed by atoms with E-state index in [4.69, 9.17) is 4.18 Å². The summed E-state index contributed by atoms with van der Waals surface area (Å²) in [6, 6.07) is 11.1. The molecule has 0 radical (unpaired) electrons. The fourth-order valence-electron chi connectivity index (χ4n) is 5.55. The molecule has 1 aliphatic heterocycles. The lowest BCUT2D eigenvalue weighted by Crippen LogP contribution is -2.41. The quantitative estimate of drug-likeness (QED) is 0.460. The highest BCUT2D eigenvalue weighted by atomic mass is 79.9. The van der Waals surface area contributed by atoms with Crippen LogP contribution < -0.4 is 4.18 Å². The Morgan fingerprint density at radius 2 is 1.55 bits per heavy atom. The lowest BCUT2D eigenvalue weighted by Gasteiger charge is -2.43. The number of carbonyl (C=O) groups is 3. The van der Waals surface area contributed by atoms with Crippen molar-refractivity contribution >= 4 is 43.6 Å². The number of hydrogen-bond acceptors (Lipinski definition) is 7. The van der Waals surface area contributed by atoms with Crippen LogP contribution in [0, 0.1) is 6.92 Å². The lowest BCUT2D eigenvalue weighted by molar-refractivity contribution is -0.138. The van der Waals surface area contributed by atoms with Crippen LogP contribution in [0.15, 0.2) is 74.4 Å². The Morgan fingerprint density at radius 1 is 0.974 bits per heavy atom. The fourth-order valence-corrected chi connectivity index (χ4v) is 6.88. The topological polar surface area (TPSA) is 118 Å². The van der Waals surface area contributed by atoms with Gasteiger partial charge in [0.2, 0.25) is 0 Å². The van der Waals surface area contributed by atoms with Gasteiger partial charge in [-0.2, -0.15) is 8.42 Å². The first-order chi connectivity index (χ1) is 18.1. The summed E-state index contributed by atoms with van der Waals surface area (Å²) in [6.45, 7) is 1.49. The number of benzene rings is 2. The number of hydrogen-bond donors (Lipinski definition) is 1. The van der Waals surface area contributed by atoms with Gasteiger partial charge in [0, 0.05) is 51.3 Å². The predicted octanol–water partition coefficient (Wildman–Crippen LogP) is 5.02. The van der Waals surface area contributed by atoms with E-state index in [0.717, 1.165) is 5.56 Å². The highest BCUT2D eigenvalue weighted by Crippen LogP contribution is 2.51. The molecule has 0 amide bonds. The SMILES string of the molecule is Cc1ccc(S(=O)(=O)Oc2ccc(Br)cc2C2C3=C(CCCC3=O)N(CC(=O)O)C3=C2C(=O)CCC3)cc1. The van der Waals surface area contributed by atoms with Crippen molar-refractivity contribution in [3.05, 3.63) is 80.6 Å². The van der Waals surface area contributed by atoms with Crippen LogP contribution in [-0.2, 0) is 24.5 Å². The second kappa shape index (κ2) is 10.1. The van der Waals surface area contributed by atoms with E-state index in [1.54, 1.807) is 29.2 Å². The third kappa shape index (κ3) is 4.82. The summed E-state index contributed by atoms with van der Waals surface area (Å²) >= 11 is 3.45. The van der Waals surface area contributed by atoms with Gasteiger partial charge in [0.25, 0.3) is 0 Å². The van der Waals surface area contributed by atoms with Crippen LogP contribution in [0.25, 0.3) is 0 Å². The maximum absolute atomic E-state index is 13.4. The van der Waals surface area contributed by atoms with Crippen molar-refractivity contribution < 1.29 is 32.1 Å². The predicted molar refractivity (Wildman–Crippen MR) is 142 cm³/mol. The summed E-state index contributed by atoms with van der Waals surface area (Å²) in [6.07, 6.45) is 2.64. The normalized spacial score (nSPS) is 18.4. The number of carbonyl (C=O) groups excluding carboxylic acids is 2. The molecule has 1 N–H and O–H groups in total. The molecular formula is C28H26BrNO7S. The Hall–Kier alpha value is -3.24. The van der Waals surface area contributed by atoms with Gasteiger partial charge in [-0.1, -0.05) is 33.6 Å². The van der Waals surface area contributed by atoms with Crippen LogP contribution in [0.1, 0.15) is 55.6 Å². The molecule has 0 aromatic heterocycles. The second-order valence-corrected chi connectivity index (χ2v) is 12.2. The molecule has 0 fully saturated rings. The first-order valence-corrected chi connectivity index (χ1v) is 14.6. The highest BCUT2D eigenvalue weighted by molar-refractivity contribution is 9.10. The summed E-state index contributed by atoms with van der Waals surface area (Å²) in [7, 11) is -4.22. The van der Waals surface area contributed by atoms with Crippen LogP contribution in [-0.4, -0.2) is 42.5 Å².